The summed E-state index contributed by atoms with van der Waals surface area (Å²) in [6.45, 7) is 13.0. The zero-order chi connectivity index (χ0) is 29.4. The second-order valence-electron chi connectivity index (χ2n) is 8.60. The van der Waals surface area contributed by atoms with Crippen molar-refractivity contribution in [2.75, 3.05) is 26.3 Å². The lowest BCUT2D eigenvalue weighted by Crippen LogP contribution is -2.34. The second-order valence-corrected chi connectivity index (χ2v) is 8.60. The molecule has 0 atom stereocenters. The predicted octanol–water partition coefficient (Wildman–Crippen LogP) is 7.78. The first-order valence-electron chi connectivity index (χ1n) is 13.1. The number of aryl methyl sites for hydroxylation is 1. The van der Waals surface area contributed by atoms with Crippen LogP contribution < -0.4 is 0 Å². The van der Waals surface area contributed by atoms with E-state index in [0.717, 1.165) is 22.8 Å². The van der Waals surface area contributed by atoms with E-state index in [1.54, 1.807) is 51.2 Å². The minimum absolute atomic E-state index is 0.0178. The normalized spacial score (nSPS) is 13.0. The smallest absolute Gasteiger partial charge is 0.410 e. The first kappa shape index (κ1) is 33.5. The molecule has 5 nitrogen and oxygen atoms in total. The third kappa shape index (κ3) is 11.8. The van der Waals surface area contributed by atoms with Crippen molar-refractivity contribution in [3.8, 4) is 0 Å². The highest BCUT2D eigenvalue weighted by atomic mass is 19.4. The number of amides is 1. The molecule has 0 aliphatic rings. The van der Waals surface area contributed by atoms with Gasteiger partial charge in [0.2, 0.25) is 0 Å². The minimum atomic E-state index is -4.42. The highest BCUT2D eigenvalue weighted by molar-refractivity contribution is 5.82. The van der Waals surface area contributed by atoms with Crippen LogP contribution in [0.5, 0.6) is 0 Å². The molecule has 0 bridgehead atoms. The summed E-state index contributed by atoms with van der Waals surface area (Å²) in [5.74, 6) is -0.373. The maximum absolute atomic E-state index is 13.3. The molecule has 0 aromatic heterocycles. The first-order valence-corrected chi connectivity index (χ1v) is 13.1. The molecule has 1 aromatic carbocycles. The Morgan fingerprint density at radius 2 is 1.77 bits per heavy atom. The van der Waals surface area contributed by atoms with Crippen LogP contribution in [-0.4, -0.2) is 49.4 Å². The van der Waals surface area contributed by atoms with E-state index in [4.69, 9.17) is 9.47 Å². The Bertz CT molecular complexity index is 1100. The summed E-state index contributed by atoms with van der Waals surface area (Å²) < 4.78 is 50.3. The van der Waals surface area contributed by atoms with Crippen molar-refractivity contribution in [2.45, 2.75) is 60.1 Å². The van der Waals surface area contributed by atoms with E-state index in [2.05, 4.69) is 6.58 Å². The maximum atomic E-state index is 13.3. The fraction of sp³-hybridized carbons (Fsp3) is 0.419. The van der Waals surface area contributed by atoms with Crippen molar-refractivity contribution in [3.05, 3.63) is 89.1 Å². The zero-order valence-electron chi connectivity index (χ0n) is 23.6. The molecule has 0 aliphatic carbocycles. The van der Waals surface area contributed by atoms with Gasteiger partial charge in [-0.3, -0.25) is 4.79 Å². The Morgan fingerprint density at radius 1 is 1.05 bits per heavy atom. The topological polar surface area (TPSA) is 55.8 Å². The van der Waals surface area contributed by atoms with E-state index < -0.39 is 18.7 Å². The van der Waals surface area contributed by atoms with Gasteiger partial charge >= 0.3 is 18.2 Å². The van der Waals surface area contributed by atoms with Crippen LogP contribution in [0, 0.1) is 0 Å². The molecule has 0 unspecified atom stereocenters. The van der Waals surface area contributed by atoms with Crippen molar-refractivity contribution in [2.24, 2.45) is 0 Å². The number of likely N-dealkylation sites (N-methyl/N-ethyl adjacent to an activating group) is 1. The molecule has 0 N–H and O–H groups in total. The van der Waals surface area contributed by atoms with Crippen LogP contribution in [0.25, 0.3) is 5.57 Å². The van der Waals surface area contributed by atoms with E-state index in [1.807, 2.05) is 32.0 Å². The molecule has 1 rings (SSSR count). The van der Waals surface area contributed by atoms with Crippen molar-refractivity contribution in [3.63, 3.8) is 0 Å². The number of alkyl halides is 3. The third-order valence-corrected chi connectivity index (χ3v) is 5.93. The number of esters is 1. The lowest BCUT2D eigenvalue weighted by molar-refractivity contribution is -0.142. The van der Waals surface area contributed by atoms with E-state index in [-0.39, 0.29) is 38.7 Å². The zero-order valence-corrected chi connectivity index (χ0v) is 23.6. The summed E-state index contributed by atoms with van der Waals surface area (Å²) in [7, 11) is 0. The first-order chi connectivity index (χ1) is 18.5. The fourth-order valence-electron chi connectivity index (χ4n) is 3.87. The number of allylic oxidation sites excluding steroid dienone is 5. The van der Waals surface area contributed by atoms with Crippen molar-refractivity contribution in [1.82, 2.24) is 4.90 Å². The number of halogens is 3. The average molecular weight is 548 g/mol. The van der Waals surface area contributed by atoms with E-state index >= 15 is 0 Å². The van der Waals surface area contributed by atoms with Crippen LogP contribution in [0.2, 0.25) is 0 Å². The number of nitrogens with zero attached hydrogens (tertiary/aromatic N) is 1. The molecular weight excluding hydrogens is 507 g/mol. The Balaban J connectivity index is 3.37. The van der Waals surface area contributed by atoms with Crippen LogP contribution in [0.1, 0.15) is 57.7 Å². The molecule has 1 amide bonds. The van der Waals surface area contributed by atoms with Gasteiger partial charge in [0.05, 0.1) is 19.4 Å². The van der Waals surface area contributed by atoms with Gasteiger partial charge in [0.15, 0.2) is 0 Å². The van der Waals surface area contributed by atoms with Gasteiger partial charge in [0, 0.05) is 13.1 Å². The monoisotopic (exact) mass is 547 g/mol. The number of hydrogen-bond donors (Lipinski definition) is 0. The highest BCUT2D eigenvalue weighted by Crippen LogP contribution is 2.30. The summed E-state index contributed by atoms with van der Waals surface area (Å²) in [5, 5.41) is 0. The van der Waals surface area contributed by atoms with Gasteiger partial charge in [0.25, 0.3) is 0 Å². The molecule has 0 aliphatic heterocycles. The summed E-state index contributed by atoms with van der Waals surface area (Å²) in [5.41, 5.74) is 3.98. The standard InChI is InChI=1S/C31H40F3NO4/c1-7-13-14-23(8-2)22-39-30(37)35(11-5)21-26(17-18-31(32,33)34)28(10-4)25-16-15-24(9-3)27(19-25)20-29(36)38-12-6/h7-8,10,13-17,19H,1,9,11-12,18,20-22H2,2-6H3/b14-13-,23-8+,26-17-,28-10-. The molecular formula is C31H40F3NO4. The Morgan fingerprint density at radius 3 is 2.31 bits per heavy atom. The van der Waals surface area contributed by atoms with Gasteiger partial charge in [-0.2, -0.15) is 13.2 Å². The highest BCUT2D eigenvalue weighted by Gasteiger charge is 2.27. The quantitative estimate of drug-likeness (QED) is 0.176. The number of benzene rings is 1. The maximum Gasteiger partial charge on any atom is 0.410 e. The molecule has 0 fully saturated rings. The summed E-state index contributed by atoms with van der Waals surface area (Å²) >= 11 is 0. The largest absolute Gasteiger partial charge is 0.466 e. The molecule has 0 heterocycles. The molecule has 1 aromatic rings. The molecule has 0 spiro atoms. The Hall–Kier alpha value is -3.55. The minimum Gasteiger partial charge on any atom is -0.466 e. The number of carbonyl (C=O) groups excluding carboxylic acids is 2. The predicted molar refractivity (Wildman–Crippen MR) is 150 cm³/mol. The van der Waals surface area contributed by atoms with Gasteiger partial charge in [0.1, 0.15) is 6.61 Å². The number of rotatable bonds is 14. The van der Waals surface area contributed by atoms with E-state index in [0.29, 0.717) is 23.1 Å². The van der Waals surface area contributed by atoms with Crippen LogP contribution in [0.4, 0.5) is 18.0 Å². The van der Waals surface area contributed by atoms with Crippen LogP contribution in [-0.2, 0) is 27.1 Å². The lowest BCUT2D eigenvalue weighted by Gasteiger charge is -2.24. The van der Waals surface area contributed by atoms with Crippen molar-refractivity contribution < 1.29 is 32.2 Å². The second kappa shape index (κ2) is 17.1. The third-order valence-electron chi connectivity index (χ3n) is 5.93. The summed E-state index contributed by atoms with van der Waals surface area (Å²) in [6, 6.07) is 5.50. The van der Waals surface area contributed by atoms with Crippen LogP contribution in [0.3, 0.4) is 0 Å². The molecule has 214 valence electrons. The summed E-state index contributed by atoms with van der Waals surface area (Å²) in [4.78, 5) is 26.4. The molecule has 8 heteroatoms. The van der Waals surface area contributed by atoms with Gasteiger partial charge in [-0.25, -0.2) is 4.79 Å². The van der Waals surface area contributed by atoms with E-state index in [1.165, 1.54) is 4.90 Å². The number of hydrogen-bond acceptors (Lipinski definition) is 4. The molecule has 0 radical (unpaired) electrons. The number of ether oxygens (including phenoxy) is 2. The van der Waals surface area contributed by atoms with Gasteiger partial charge in [-0.05, 0) is 67.5 Å². The van der Waals surface area contributed by atoms with E-state index in [9.17, 15) is 22.8 Å². The number of carbonyl (C=O) groups is 2. The lowest BCUT2D eigenvalue weighted by atomic mass is 9.91. The van der Waals surface area contributed by atoms with Gasteiger partial charge in [-0.1, -0.05) is 68.2 Å². The summed E-state index contributed by atoms with van der Waals surface area (Å²) in [6.07, 6.45) is 4.24. The average Bonchev–Trinajstić information content (AvgIpc) is 2.90. The van der Waals surface area contributed by atoms with Crippen molar-refractivity contribution >= 4 is 17.6 Å². The molecule has 0 saturated carbocycles. The Labute approximate surface area is 230 Å². The van der Waals surface area contributed by atoms with Gasteiger partial charge in [-0.15, -0.1) is 0 Å². The molecule has 0 saturated heterocycles. The van der Waals surface area contributed by atoms with Gasteiger partial charge < -0.3 is 14.4 Å². The van der Waals surface area contributed by atoms with Crippen LogP contribution in [0.15, 0.2) is 72.4 Å². The SMILES string of the molecule is C=C/C=C\C(=C/C)COC(=O)N(CC)CC(=C/CC(F)(F)F)/C(=C\C)c1ccc(CC)c(CC(=O)OCC)c1. The fourth-order valence-corrected chi connectivity index (χ4v) is 3.87. The Kier molecular flexibility index (Phi) is 14.7. The van der Waals surface area contributed by atoms with Crippen LogP contribution >= 0.6 is 0 Å². The molecule has 39 heavy (non-hydrogen) atoms. The van der Waals surface area contributed by atoms with Crippen molar-refractivity contribution in [1.29, 1.82) is 0 Å².